The number of hydrogen-bond donors (Lipinski definition) is 1. The number of carbonyl (C=O) groups excluding carboxylic acids is 1. The minimum atomic E-state index is -0.202. The molecule has 6 heteroatoms. The van der Waals surface area contributed by atoms with E-state index in [1.807, 2.05) is 4.90 Å². The molecule has 0 bridgehead atoms. The monoisotopic (exact) mass is 317 g/mol. The molecule has 1 amide bonds. The van der Waals surface area contributed by atoms with Crippen LogP contribution in [0.25, 0.3) is 0 Å². The number of rotatable bonds is 3. The van der Waals surface area contributed by atoms with E-state index in [2.05, 4.69) is 10.2 Å². The van der Waals surface area contributed by atoms with Crippen LogP contribution in [-0.4, -0.2) is 40.8 Å². The third-order valence-electron chi connectivity index (χ3n) is 5.61. The van der Waals surface area contributed by atoms with E-state index in [9.17, 15) is 9.59 Å². The highest BCUT2D eigenvalue weighted by Crippen LogP contribution is 2.50. The Kier molecular flexibility index (Phi) is 3.93. The van der Waals surface area contributed by atoms with Gasteiger partial charge in [0.25, 0.3) is 5.56 Å². The van der Waals surface area contributed by atoms with Crippen molar-refractivity contribution in [1.82, 2.24) is 15.1 Å². The lowest BCUT2D eigenvalue weighted by Gasteiger charge is -2.26. The SMILES string of the molecule is O=C([C@@H]1C[C@H]1C1CCOCC1)N1CCCC1c1ccc(=O)[nH]n1. The van der Waals surface area contributed by atoms with Gasteiger partial charge >= 0.3 is 0 Å². The Balaban J connectivity index is 1.43. The Morgan fingerprint density at radius 1 is 1.26 bits per heavy atom. The summed E-state index contributed by atoms with van der Waals surface area (Å²) in [6.45, 7) is 2.49. The molecule has 3 fully saturated rings. The van der Waals surface area contributed by atoms with Crippen molar-refractivity contribution in [3.05, 3.63) is 28.2 Å². The Hall–Kier alpha value is -1.69. The van der Waals surface area contributed by atoms with E-state index < -0.39 is 0 Å². The fourth-order valence-electron chi connectivity index (χ4n) is 4.26. The Bertz CT molecular complexity index is 618. The van der Waals surface area contributed by atoms with Crippen molar-refractivity contribution in [2.24, 2.45) is 17.8 Å². The van der Waals surface area contributed by atoms with Crippen LogP contribution in [0, 0.1) is 17.8 Å². The third-order valence-corrected chi connectivity index (χ3v) is 5.61. The lowest BCUT2D eigenvalue weighted by Crippen LogP contribution is -2.33. The van der Waals surface area contributed by atoms with Crippen molar-refractivity contribution in [1.29, 1.82) is 0 Å². The molecule has 1 aromatic heterocycles. The van der Waals surface area contributed by atoms with Crippen LogP contribution in [0.3, 0.4) is 0 Å². The molecule has 1 aliphatic carbocycles. The molecule has 2 aliphatic heterocycles. The fourth-order valence-corrected chi connectivity index (χ4v) is 4.26. The standard InChI is InChI=1S/C17H23N3O3/c21-16-4-3-14(18-19-16)15-2-1-7-20(15)17(22)13-10-12(13)11-5-8-23-9-6-11/h3-4,11-13,15H,1-2,5-10H2,(H,19,21)/t12-,13+,15?/m0/s1. The molecule has 3 atom stereocenters. The first-order chi connectivity index (χ1) is 11.2. The van der Waals surface area contributed by atoms with Crippen molar-refractivity contribution < 1.29 is 9.53 Å². The lowest BCUT2D eigenvalue weighted by atomic mass is 9.93. The molecule has 1 unspecified atom stereocenters. The molecule has 2 saturated heterocycles. The highest BCUT2D eigenvalue weighted by molar-refractivity contribution is 5.82. The van der Waals surface area contributed by atoms with Gasteiger partial charge in [0.05, 0.1) is 11.7 Å². The lowest BCUT2D eigenvalue weighted by molar-refractivity contribution is -0.134. The number of aromatic amines is 1. The minimum Gasteiger partial charge on any atom is -0.381 e. The number of likely N-dealkylation sites (tertiary alicyclic amines) is 1. The Morgan fingerprint density at radius 2 is 2.09 bits per heavy atom. The number of H-pyrrole nitrogens is 1. The molecule has 3 aliphatic rings. The molecular formula is C17H23N3O3. The number of hydrogen-bond acceptors (Lipinski definition) is 4. The summed E-state index contributed by atoms with van der Waals surface area (Å²) in [6.07, 6.45) is 5.16. The van der Waals surface area contributed by atoms with Crippen LogP contribution in [0.15, 0.2) is 16.9 Å². The van der Waals surface area contributed by atoms with Gasteiger partial charge in [-0.3, -0.25) is 9.59 Å². The Morgan fingerprint density at radius 3 is 2.83 bits per heavy atom. The molecule has 23 heavy (non-hydrogen) atoms. The molecule has 4 rings (SSSR count). The smallest absolute Gasteiger partial charge is 0.264 e. The maximum Gasteiger partial charge on any atom is 0.264 e. The van der Waals surface area contributed by atoms with E-state index >= 15 is 0 Å². The van der Waals surface area contributed by atoms with Gasteiger partial charge in [0, 0.05) is 31.7 Å². The fraction of sp³-hybridized carbons (Fsp3) is 0.706. The van der Waals surface area contributed by atoms with Crippen LogP contribution in [0.5, 0.6) is 0 Å². The van der Waals surface area contributed by atoms with E-state index in [0.717, 1.165) is 57.6 Å². The van der Waals surface area contributed by atoms with Crippen LogP contribution in [0.1, 0.15) is 43.8 Å². The average Bonchev–Trinajstić information content (AvgIpc) is 3.24. The molecule has 6 nitrogen and oxygen atoms in total. The van der Waals surface area contributed by atoms with E-state index in [0.29, 0.717) is 11.8 Å². The molecule has 1 saturated carbocycles. The largest absolute Gasteiger partial charge is 0.381 e. The van der Waals surface area contributed by atoms with Gasteiger partial charge in [-0.15, -0.1) is 0 Å². The number of nitrogens with one attached hydrogen (secondary N) is 1. The third kappa shape index (κ3) is 2.92. The topological polar surface area (TPSA) is 75.3 Å². The summed E-state index contributed by atoms with van der Waals surface area (Å²) in [5, 5.41) is 6.62. The molecule has 124 valence electrons. The second kappa shape index (κ2) is 6.07. The van der Waals surface area contributed by atoms with Crippen molar-refractivity contribution >= 4 is 5.91 Å². The number of carbonyl (C=O) groups is 1. The van der Waals surface area contributed by atoms with Crippen molar-refractivity contribution in [3.8, 4) is 0 Å². The average molecular weight is 317 g/mol. The molecule has 1 aromatic rings. The molecule has 0 spiro atoms. The molecule has 1 N–H and O–H groups in total. The van der Waals surface area contributed by atoms with Gasteiger partial charge in [-0.1, -0.05) is 0 Å². The van der Waals surface area contributed by atoms with Gasteiger partial charge in [-0.05, 0) is 50.0 Å². The number of aromatic nitrogens is 2. The number of amides is 1. The summed E-state index contributed by atoms with van der Waals surface area (Å²) < 4.78 is 5.43. The quantitative estimate of drug-likeness (QED) is 0.916. The first kappa shape index (κ1) is 14.9. The summed E-state index contributed by atoms with van der Waals surface area (Å²) in [5.41, 5.74) is 0.602. The summed E-state index contributed by atoms with van der Waals surface area (Å²) in [4.78, 5) is 26.1. The van der Waals surface area contributed by atoms with Crippen LogP contribution >= 0.6 is 0 Å². The Labute approximate surface area is 135 Å². The van der Waals surface area contributed by atoms with Gasteiger partial charge < -0.3 is 9.64 Å². The van der Waals surface area contributed by atoms with E-state index in [4.69, 9.17) is 4.74 Å². The maximum atomic E-state index is 12.9. The first-order valence-electron chi connectivity index (χ1n) is 8.68. The van der Waals surface area contributed by atoms with Gasteiger partial charge in [0.1, 0.15) is 0 Å². The van der Waals surface area contributed by atoms with Gasteiger partial charge in [-0.25, -0.2) is 5.10 Å². The predicted octanol–water partition coefficient (Wildman–Crippen LogP) is 1.50. The van der Waals surface area contributed by atoms with E-state index in [1.165, 1.54) is 6.07 Å². The van der Waals surface area contributed by atoms with Crippen molar-refractivity contribution in [2.45, 2.75) is 38.1 Å². The second-order valence-electron chi connectivity index (χ2n) is 6.99. The highest BCUT2D eigenvalue weighted by atomic mass is 16.5. The normalized spacial score (nSPS) is 31.3. The van der Waals surface area contributed by atoms with Gasteiger partial charge in [0.15, 0.2) is 0 Å². The molecule has 0 aromatic carbocycles. The summed E-state index contributed by atoms with van der Waals surface area (Å²) in [6, 6.07) is 3.26. The van der Waals surface area contributed by atoms with Crippen LogP contribution in [-0.2, 0) is 9.53 Å². The number of ether oxygens (including phenoxy) is 1. The van der Waals surface area contributed by atoms with Crippen molar-refractivity contribution in [3.63, 3.8) is 0 Å². The van der Waals surface area contributed by atoms with E-state index in [-0.39, 0.29) is 23.4 Å². The summed E-state index contributed by atoms with van der Waals surface area (Å²) in [5.74, 6) is 1.69. The molecular weight excluding hydrogens is 294 g/mol. The molecule has 3 heterocycles. The van der Waals surface area contributed by atoms with Crippen LogP contribution < -0.4 is 5.56 Å². The van der Waals surface area contributed by atoms with E-state index in [1.54, 1.807) is 6.07 Å². The summed E-state index contributed by atoms with van der Waals surface area (Å²) in [7, 11) is 0. The van der Waals surface area contributed by atoms with Crippen molar-refractivity contribution in [2.75, 3.05) is 19.8 Å². The van der Waals surface area contributed by atoms with Crippen LogP contribution in [0.2, 0.25) is 0 Å². The number of nitrogens with zero attached hydrogens (tertiary/aromatic N) is 2. The zero-order valence-electron chi connectivity index (χ0n) is 13.2. The zero-order valence-corrected chi connectivity index (χ0v) is 13.2. The minimum absolute atomic E-state index is 0.0234. The van der Waals surface area contributed by atoms with Gasteiger partial charge in [-0.2, -0.15) is 5.10 Å². The zero-order chi connectivity index (χ0) is 15.8. The van der Waals surface area contributed by atoms with Crippen LogP contribution in [0.4, 0.5) is 0 Å². The maximum absolute atomic E-state index is 12.9. The predicted molar refractivity (Wildman–Crippen MR) is 83.7 cm³/mol. The highest BCUT2D eigenvalue weighted by Gasteiger charge is 2.50. The van der Waals surface area contributed by atoms with Gasteiger partial charge in [0.2, 0.25) is 5.91 Å². The summed E-state index contributed by atoms with van der Waals surface area (Å²) >= 11 is 0. The first-order valence-corrected chi connectivity index (χ1v) is 8.68. The second-order valence-corrected chi connectivity index (χ2v) is 6.99. The molecule has 0 radical (unpaired) electrons.